The van der Waals surface area contributed by atoms with Crippen molar-refractivity contribution >= 4 is 5.97 Å². The van der Waals surface area contributed by atoms with E-state index in [9.17, 15) is 4.79 Å². The van der Waals surface area contributed by atoms with Crippen molar-refractivity contribution in [3.05, 3.63) is 12.7 Å². The van der Waals surface area contributed by atoms with Crippen LogP contribution in [-0.2, 0) is 9.53 Å². The smallest absolute Gasteiger partial charge is 0.308 e. The number of hydrogen-bond acceptors (Lipinski definition) is 2. The van der Waals surface area contributed by atoms with Crippen molar-refractivity contribution in [2.45, 2.75) is 84.2 Å². The molecule has 0 N–H and O–H groups in total. The van der Waals surface area contributed by atoms with Crippen molar-refractivity contribution in [1.82, 2.24) is 0 Å². The first-order valence-corrected chi connectivity index (χ1v) is 10.4. The molecule has 0 aromatic heterocycles. The van der Waals surface area contributed by atoms with E-state index in [-0.39, 0.29) is 18.0 Å². The highest BCUT2D eigenvalue weighted by atomic mass is 16.5. The molecule has 3 unspecified atom stereocenters. The predicted molar refractivity (Wildman–Crippen MR) is 98.5 cm³/mol. The van der Waals surface area contributed by atoms with E-state index >= 15 is 0 Å². The van der Waals surface area contributed by atoms with Gasteiger partial charge in [0, 0.05) is 0 Å². The Labute approximate surface area is 148 Å². The Morgan fingerprint density at radius 2 is 1.54 bits per heavy atom. The summed E-state index contributed by atoms with van der Waals surface area (Å²) in [7, 11) is 0. The molecule has 0 bridgehead atoms. The molecular weight excluding hydrogens is 296 g/mol. The second-order valence-corrected chi connectivity index (χ2v) is 8.90. The molecule has 136 valence electrons. The molecule has 3 rings (SSSR count). The van der Waals surface area contributed by atoms with Gasteiger partial charge in [-0.1, -0.05) is 19.9 Å². The quantitative estimate of drug-likeness (QED) is 0.483. The highest BCUT2D eigenvalue weighted by Crippen LogP contribution is 2.44. The summed E-state index contributed by atoms with van der Waals surface area (Å²) in [5, 5.41) is 0. The van der Waals surface area contributed by atoms with Crippen LogP contribution in [0.2, 0.25) is 0 Å². The molecule has 1 aliphatic heterocycles. The number of carbonyl (C=O) groups is 1. The van der Waals surface area contributed by atoms with E-state index in [1.54, 1.807) is 0 Å². The van der Waals surface area contributed by atoms with Crippen LogP contribution < -0.4 is 0 Å². The van der Waals surface area contributed by atoms with Crippen LogP contribution in [0, 0.1) is 35.5 Å². The van der Waals surface area contributed by atoms with E-state index in [1.165, 1.54) is 51.4 Å². The van der Waals surface area contributed by atoms with Gasteiger partial charge in [-0.3, -0.25) is 4.79 Å². The van der Waals surface area contributed by atoms with Crippen LogP contribution in [0.4, 0.5) is 0 Å². The summed E-state index contributed by atoms with van der Waals surface area (Å²) in [6, 6.07) is 0. The highest BCUT2D eigenvalue weighted by molar-refractivity contribution is 5.72. The molecule has 3 fully saturated rings. The second kappa shape index (κ2) is 8.06. The largest absolute Gasteiger partial charge is 0.462 e. The molecule has 1 heterocycles. The number of carbonyl (C=O) groups excluding carboxylic acids is 1. The van der Waals surface area contributed by atoms with Gasteiger partial charge in [0.2, 0.25) is 0 Å². The van der Waals surface area contributed by atoms with Crippen LogP contribution in [0.3, 0.4) is 0 Å². The van der Waals surface area contributed by atoms with Gasteiger partial charge >= 0.3 is 5.97 Å². The van der Waals surface area contributed by atoms with Crippen molar-refractivity contribution in [2.75, 3.05) is 0 Å². The molecule has 0 aromatic carbocycles. The molecule has 2 nitrogen and oxygen atoms in total. The zero-order valence-corrected chi connectivity index (χ0v) is 15.7. The summed E-state index contributed by atoms with van der Waals surface area (Å²) < 4.78 is 5.73. The molecule has 24 heavy (non-hydrogen) atoms. The molecule has 3 atom stereocenters. The Kier molecular flexibility index (Phi) is 6.05. The average molecular weight is 333 g/mol. The molecular formula is C22H36O2. The van der Waals surface area contributed by atoms with Crippen molar-refractivity contribution in [3.63, 3.8) is 0 Å². The SMILES string of the molecule is C=CC1CCC(C2CCC(C(C)C3CCC(C)C(=O)O3)CC2)CC1. The van der Waals surface area contributed by atoms with Crippen LogP contribution in [-0.4, -0.2) is 12.1 Å². The Morgan fingerprint density at radius 3 is 2.08 bits per heavy atom. The Bertz CT molecular complexity index is 427. The zero-order valence-electron chi connectivity index (χ0n) is 15.7. The maximum Gasteiger partial charge on any atom is 0.308 e. The summed E-state index contributed by atoms with van der Waals surface area (Å²) in [4.78, 5) is 11.9. The molecule has 2 saturated carbocycles. The van der Waals surface area contributed by atoms with Gasteiger partial charge in [-0.05, 0) is 93.8 Å². The first-order valence-electron chi connectivity index (χ1n) is 10.4. The van der Waals surface area contributed by atoms with Gasteiger partial charge in [-0.15, -0.1) is 6.58 Å². The third-order valence-corrected chi connectivity index (χ3v) is 7.52. The molecule has 2 aliphatic carbocycles. The molecule has 1 saturated heterocycles. The maximum atomic E-state index is 11.9. The number of esters is 1. The maximum absolute atomic E-state index is 11.9. The minimum Gasteiger partial charge on any atom is -0.462 e. The van der Waals surface area contributed by atoms with E-state index in [1.807, 2.05) is 6.92 Å². The number of hydrogen-bond donors (Lipinski definition) is 0. The van der Waals surface area contributed by atoms with Crippen LogP contribution >= 0.6 is 0 Å². The zero-order chi connectivity index (χ0) is 17.1. The highest BCUT2D eigenvalue weighted by Gasteiger charge is 2.37. The predicted octanol–water partition coefficient (Wildman–Crippen LogP) is 5.76. The normalized spacial score (nSPS) is 42.2. The Hall–Kier alpha value is -0.790. The van der Waals surface area contributed by atoms with Crippen LogP contribution in [0.25, 0.3) is 0 Å². The molecule has 0 amide bonds. The van der Waals surface area contributed by atoms with Gasteiger partial charge in [0.1, 0.15) is 6.10 Å². The van der Waals surface area contributed by atoms with Gasteiger partial charge in [0.05, 0.1) is 5.92 Å². The molecule has 3 aliphatic rings. The van der Waals surface area contributed by atoms with Gasteiger partial charge in [0.25, 0.3) is 0 Å². The van der Waals surface area contributed by atoms with E-state index in [0.29, 0.717) is 5.92 Å². The lowest BCUT2D eigenvalue weighted by Gasteiger charge is -2.41. The lowest BCUT2D eigenvalue weighted by molar-refractivity contribution is -0.164. The molecule has 0 radical (unpaired) electrons. The van der Waals surface area contributed by atoms with E-state index in [4.69, 9.17) is 4.74 Å². The van der Waals surface area contributed by atoms with Gasteiger partial charge in [-0.2, -0.15) is 0 Å². The minimum absolute atomic E-state index is 0.0331. The molecule has 0 aromatic rings. The minimum atomic E-state index is 0.0331. The number of cyclic esters (lactones) is 1. The monoisotopic (exact) mass is 332 g/mol. The first-order chi connectivity index (χ1) is 11.6. The van der Waals surface area contributed by atoms with Gasteiger partial charge in [-0.25, -0.2) is 0 Å². The van der Waals surface area contributed by atoms with Crippen molar-refractivity contribution in [1.29, 1.82) is 0 Å². The topological polar surface area (TPSA) is 26.3 Å². The fourth-order valence-corrected chi connectivity index (χ4v) is 5.52. The number of ether oxygens (including phenoxy) is 1. The summed E-state index contributed by atoms with van der Waals surface area (Å²) in [5.74, 6) is 4.14. The van der Waals surface area contributed by atoms with Gasteiger partial charge in [0.15, 0.2) is 0 Å². The van der Waals surface area contributed by atoms with Crippen LogP contribution in [0.1, 0.15) is 78.1 Å². The summed E-state index contributed by atoms with van der Waals surface area (Å²) in [5.41, 5.74) is 0. The van der Waals surface area contributed by atoms with Crippen LogP contribution in [0.5, 0.6) is 0 Å². The average Bonchev–Trinajstić information content (AvgIpc) is 2.63. The number of rotatable bonds is 4. The third-order valence-electron chi connectivity index (χ3n) is 7.52. The summed E-state index contributed by atoms with van der Waals surface area (Å²) in [6.07, 6.45) is 15.5. The standard InChI is InChI=1S/C22H36O2/c1-4-17-6-8-19(9-7-17)20-12-10-18(11-13-20)16(3)21-14-5-15(2)22(23)24-21/h4,15-21H,1,5-14H2,2-3H3. The first kappa shape index (κ1) is 18.0. The summed E-state index contributed by atoms with van der Waals surface area (Å²) >= 11 is 0. The van der Waals surface area contributed by atoms with E-state index < -0.39 is 0 Å². The summed E-state index contributed by atoms with van der Waals surface area (Å²) in [6.45, 7) is 8.29. The van der Waals surface area contributed by atoms with E-state index in [0.717, 1.165) is 36.5 Å². The van der Waals surface area contributed by atoms with Gasteiger partial charge < -0.3 is 4.74 Å². The van der Waals surface area contributed by atoms with Crippen LogP contribution in [0.15, 0.2) is 12.7 Å². The lowest BCUT2D eigenvalue weighted by atomic mass is 9.66. The third kappa shape index (κ3) is 4.06. The lowest BCUT2D eigenvalue weighted by Crippen LogP contribution is -2.38. The van der Waals surface area contributed by atoms with Crippen molar-refractivity contribution in [3.8, 4) is 0 Å². The molecule has 0 spiro atoms. The molecule has 2 heteroatoms. The number of allylic oxidation sites excluding steroid dienone is 1. The Morgan fingerprint density at radius 1 is 0.958 bits per heavy atom. The fourth-order valence-electron chi connectivity index (χ4n) is 5.52. The second-order valence-electron chi connectivity index (χ2n) is 8.90. The van der Waals surface area contributed by atoms with Crippen molar-refractivity contribution in [2.24, 2.45) is 35.5 Å². The van der Waals surface area contributed by atoms with Crippen molar-refractivity contribution < 1.29 is 9.53 Å². The fraction of sp³-hybridized carbons (Fsp3) is 0.864. The van der Waals surface area contributed by atoms with E-state index in [2.05, 4.69) is 19.6 Å². The Balaban J connectivity index is 1.45.